The monoisotopic (exact) mass is 352 g/mol. The number of furan rings is 1. The van der Waals surface area contributed by atoms with Gasteiger partial charge in [-0.1, -0.05) is 21.9 Å². The van der Waals surface area contributed by atoms with Crippen molar-refractivity contribution >= 4 is 11.6 Å². The van der Waals surface area contributed by atoms with E-state index in [1.807, 2.05) is 0 Å². The zero-order valence-corrected chi connectivity index (χ0v) is 12.9. The Bertz CT molecular complexity index is 933. The second-order valence-electron chi connectivity index (χ2n) is 4.72. The van der Waals surface area contributed by atoms with Crippen molar-refractivity contribution in [1.82, 2.24) is 24.9 Å². The summed E-state index contributed by atoms with van der Waals surface area (Å²) in [6.45, 7) is 0.441. The van der Waals surface area contributed by atoms with E-state index in [0.717, 1.165) is 0 Å². The molecule has 12 heteroatoms. The van der Waals surface area contributed by atoms with Crippen LogP contribution in [-0.2, 0) is 13.0 Å². The third-order valence-corrected chi connectivity index (χ3v) is 3.33. The largest absolute Gasteiger partial charge is 0.466 e. The van der Waals surface area contributed by atoms with Crippen molar-refractivity contribution in [2.45, 2.75) is 19.4 Å². The Labute approximate surface area is 138 Å². The first kappa shape index (κ1) is 15.8. The number of nitrogens with one attached hydrogen (secondary N) is 1. The number of aryl methyl sites for hydroxylation is 1. The lowest BCUT2D eigenvalue weighted by Gasteiger charge is -2.00. The second-order valence-corrected chi connectivity index (χ2v) is 5.15. The predicted molar refractivity (Wildman–Crippen MR) is 77.3 cm³/mol. The SMILES string of the molecule is N=[N+]=NCCCc1nonc1-c1noc(=O)n1Cc1cc(Cl)co1. The summed E-state index contributed by atoms with van der Waals surface area (Å²) in [5, 5.41) is 15.3. The zero-order chi connectivity index (χ0) is 16.9. The third kappa shape index (κ3) is 3.31. The molecule has 24 heavy (non-hydrogen) atoms. The van der Waals surface area contributed by atoms with Crippen LogP contribution < -0.4 is 10.7 Å². The molecule has 0 aliphatic heterocycles. The molecule has 0 aliphatic carbocycles. The van der Waals surface area contributed by atoms with E-state index < -0.39 is 5.76 Å². The van der Waals surface area contributed by atoms with E-state index in [0.29, 0.717) is 41.6 Å². The average molecular weight is 353 g/mol. The first-order chi connectivity index (χ1) is 11.7. The van der Waals surface area contributed by atoms with Gasteiger partial charge >= 0.3 is 5.76 Å². The molecule has 3 heterocycles. The fraction of sp³-hybridized carbons (Fsp3) is 0.333. The number of rotatable bonds is 7. The highest BCUT2D eigenvalue weighted by molar-refractivity contribution is 6.30. The standard InChI is InChI=1S/C12H11ClN7O4/c13-7-4-8(22-6-7)5-20-11(18-23-12(20)21)10-9(16-24-17-10)2-1-3-15-19-14/h4,6,14H,1-3,5H2/q+1. The topological polar surface area (TPSA) is 150 Å². The van der Waals surface area contributed by atoms with Crippen LogP contribution in [0.5, 0.6) is 0 Å². The van der Waals surface area contributed by atoms with Crippen LogP contribution in [0, 0.1) is 5.53 Å². The molecule has 1 N–H and O–H groups in total. The highest BCUT2D eigenvalue weighted by Gasteiger charge is 2.22. The van der Waals surface area contributed by atoms with E-state index in [9.17, 15) is 4.79 Å². The molecule has 0 saturated carbocycles. The van der Waals surface area contributed by atoms with E-state index >= 15 is 0 Å². The maximum Gasteiger partial charge on any atom is 0.442 e. The molecule has 124 valence electrons. The molecule has 3 aromatic heterocycles. The van der Waals surface area contributed by atoms with Crippen molar-refractivity contribution in [3.63, 3.8) is 0 Å². The van der Waals surface area contributed by atoms with Crippen LogP contribution in [0.1, 0.15) is 17.9 Å². The van der Waals surface area contributed by atoms with E-state index in [4.69, 9.17) is 30.7 Å². The predicted octanol–water partition coefficient (Wildman–Crippen LogP) is 1.66. The Balaban J connectivity index is 1.86. The van der Waals surface area contributed by atoms with Gasteiger partial charge in [-0.05, 0) is 18.0 Å². The fourth-order valence-electron chi connectivity index (χ4n) is 2.08. The molecular formula is C12H11ClN7O4+. The van der Waals surface area contributed by atoms with Crippen LogP contribution in [0.4, 0.5) is 0 Å². The van der Waals surface area contributed by atoms with Crippen molar-refractivity contribution in [3.8, 4) is 11.5 Å². The number of halogens is 1. The molecule has 0 atom stereocenters. The van der Waals surface area contributed by atoms with Gasteiger partial charge in [0.25, 0.3) is 0 Å². The van der Waals surface area contributed by atoms with Crippen LogP contribution in [0.25, 0.3) is 11.5 Å². The van der Waals surface area contributed by atoms with Gasteiger partial charge in [0.15, 0.2) is 5.69 Å². The molecule has 0 saturated heterocycles. The van der Waals surface area contributed by atoms with Crippen molar-refractivity contribution in [1.29, 1.82) is 5.53 Å². The van der Waals surface area contributed by atoms with Gasteiger partial charge < -0.3 is 4.42 Å². The van der Waals surface area contributed by atoms with Crippen LogP contribution in [0.2, 0.25) is 5.02 Å². The first-order valence-corrected chi connectivity index (χ1v) is 7.21. The van der Waals surface area contributed by atoms with Crippen molar-refractivity contribution in [3.05, 3.63) is 39.4 Å². The Morgan fingerprint density at radius 2 is 2.25 bits per heavy atom. The molecule has 11 nitrogen and oxygen atoms in total. The van der Waals surface area contributed by atoms with E-state index in [1.165, 1.54) is 10.8 Å². The highest BCUT2D eigenvalue weighted by Crippen LogP contribution is 2.20. The van der Waals surface area contributed by atoms with Gasteiger partial charge in [0.2, 0.25) is 10.7 Å². The van der Waals surface area contributed by atoms with Crippen LogP contribution in [0.3, 0.4) is 0 Å². The molecular weight excluding hydrogens is 342 g/mol. The van der Waals surface area contributed by atoms with Gasteiger partial charge in [0.05, 0.1) is 11.6 Å². The average Bonchev–Trinajstić information content (AvgIpc) is 3.27. The maximum absolute atomic E-state index is 11.9. The molecule has 0 spiro atoms. The van der Waals surface area contributed by atoms with Crippen LogP contribution >= 0.6 is 11.6 Å². The van der Waals surface area contributed by atoms with E-state index in [2.05, 4.69) is 25.5 Å². The third-order valence-electron chi connectivity index (χ3n) is 3.13. The lowest BCUT2D eigenvalue weighted by atomic mass is 10.2. The highest BCUT2D eigenvalue weighted by atomic mass is 35.5. The summed E-state index contributed by atoms with van der Waals surface area (Å²) >= 11 is 5.80. The normalized spacial score (nSPS) is 10.7. The second kappa shape index (κ2) is 7.02. The summed E-state index contributed by atoms with van der Waals surface area (Å²) in [6.07, 6.45) is 2.41. The van der Waals surface area contributed by atoms with Crippen molar-refractivity contribution in [2.24, 2.45) is 5.11 Å². The zero-order valence-electron chi connectivity index (χ0n) is 12.2. The Morgan fingerprint density at radius 1 is 1.38 bits per heavy atom. The lowest BCUT2D eigenvalue weighted by Crippen LogP contribution is -2.16. The number of nitrogens with zero attached hydrogens (tertiary/aromatic N) is 6. The van der Waals surface area contributed by atoms with Crippen LogP contribution in [-0.4, -0.2) is 26.6 Å². The minimum Gasteiger partial charge on any atom is -0.466 e. The van der Waals surface area contributed by atoms with Crippen molar-refractivity contribution < 1.29 is 13.6 Å². The van der Waals surface area contributed by atoms with Gasteiger partial charge in [-0.25, -0.2) is 14.0 Å². The Kier molecular flexibility index (Phi) is 4.64. The summed E-state index contributed by atoms with van der Waals surface area (Å²) in [6, 6.07) is 1.58. The molecule has 0 radical (unpaired) electrons. The quantitative estimate of drug-likeness (QED) is 0.385. The first-order valence-electron chi connectivity index (χ1n) is 6.83. The van der Waals surface area contributed by atoms with Crippen molar-refractivity contribution in [2.75, 3.05) is 6.54 Å². The molecule has 0 unspecified atom stereocenters. The number of hydrogen-bond acceptors (Lipinski definition) is 9. The Morgan fingerprint density at radius 3 is 3.00 bits per heavy atom. The minimum atomic E-state index is -0.672. The number of aromatic nitrogens is 4. The summed E-state index contributed by atoms with van der Waals surface area (Å²) < 4.78 is 15.9. The summed E-state index contributed by atoms with van der Waals surface area (Å²) in [4.78, 5) is 14.8. The lowest BCUT2D eigenvalue weighted by molar-refractivity contribution is 0.303. The van der Waals surface area contributed by atoms with Crippen LogP contribution in [0.15, 0.2) is 35.8 Å². The molecule has 3 rings (SSSR count). The van der Waals surface area contributed by atoms with Gasteiger partial charge in [0.1, 0.15) is 34.9 Å². The molecule has 0 aromatic carbocycles. The molecule has 3 aromatic rings. The smallest absolute Gasteiger partial charge is 0.442 e. The maximum atomic E-state index is 11.9. The van der Waals surface area contributed by atoms with Gasteiger partial charge in [0, 0.05) is 6.07 Å². The summed E-state index contributed by atoms with van der Waals surface area (Å²) in [5.74, 6) is -0.0409. The van der Waals surface area contributed by atoms with Gasteiger partial charge in [-0.3, -0.25) is 4.52 Å². The number of hydrogen-bond donors (Lipinski definition) is 1. The molecule has 0 aliphatic rings. The fourth-order valence-corrected chi connectivity index (χ4v) is 2.24. The van der Waals surface area contributed by atoms with E-state index in [1.54, 1.807) is 6.07 Å². The summed E-state index contributed by atoms with van der Waals surface area (Å²) in [7, 11) is 0. The van der Waals surface area contributed by atoms with Gasteiger partial charge in [-0.2, -0.15) is 0 Å². The minimum absolute atomic E-state index is 0.0732. The molecule has 0 amide bonds. The van der Waals surface area contributed by atoms with E-state index in [-0.39, 0.29) is 12.4 Å². The molecule has 0 bridgehead atoms. The van der Waals surface area contributed by atoms with Gasteiger partial charge in [-0.15, -0.1) is 0 Å². The molecule has 0 fully saturated rings. The Hall–Kier alpha value is -3.04. The summed E-state index contributed by atoms with van der Waals surface area (Å²) in [5.41, 5.74) is 7.39.